The number of nitrogens with zero attached hydrogens (tertiary/aromatic N) is 2. The van der Waals surface area contributed by atoms with Gasteiger partial charge in [-0.1, -0.05) is 36.4 Å². The highest BCUT2D eigenvalue weighted by Crippen LogP contribution is 2.35. The second-order valence-corrected chi connectivity index (χ2v) is 9.83. The molecule has 0 radical (unpaired) electrons. The van der Waals surface area contributed by atoms with E-state index in [4.69, 9.17) is 4.74 Å². The Balaban J connectivity index is 1.54. The number of fused-ring (bicyclic) bond motifs is 4. The monoisotopic (exact) mass is 437 g/mol. The number of carbonyl (C=O) groups is 2. The van der Waals surface area contributed by atoms with Gasteiger partial charge in [-0.15, -0.1) is 0 Å². The zero-order chi connectivity index (χ0) is 22.9. The Hall–Kier alpha value is -3.09. The van der Waals surface area contributed by atoms with Crippen molar-refractivity contribution in [3.05, 3.63) is 70.1 Å². The molecule has 2 aliphatic rings. The molecule has 2 aliphatic heterocycles. The summed E-state index contributed by atoms with van der Waals surface area (Å²) in [5.41, 5.74) is 1.33. The van der Waals surface area contributed by atoms with E-state index in [1.807, 2.05) is 45.9 Å². The van der Waals surface area contributed by atoms with Crippen molar-refractivity contribution in [2.45, 2.75) is 57.7 Å². The summed E-state index contributed by atoms with van der Waals surface area (Å²) in [6.45, 7) is 7.14. The summed E-state index contributed by atoms with van der Waals surface area (Å²) in [6.07, 6.45) is 0.762. The first-order valence-electron chi connectivity index (χ1n) is 11.2. The molecule has 3 heterocycles. The van der Waals surface area contributed by atoms with Crippen molar-refractivity contribution in [2.24, 2.45) is 5.92 Å². The number of amides is 2. The van der Waals surface area contributed by atoms with Crippen LogP contribution in [0, 0.1) is 5.92 Å². The number of aromatic nitrogens is 1. The molecule has 0 spiro atoms. The average molecular weight is 438 g/mol. The molecule has 1 fully saturated rings. The third-order valence-corrected chi connectivity index (χ3v) is 6.06. The van der Waals surface area contributed by atoms with Gasteiger partial charge in [-0.25, -0.2) is 4.79 Å². The maximum atomic E-state index is 13.6. The number of alkyl carbamates (subject to hydrolysis) is 1. The largest absolute Gasteiger partial charge is 0.444 e. The van der Waals surface area contributed by atoms with Gasteiger partial charge in [-0.2, -0.15) is 0 Å². The second kappa shape index (κ2) is 8.81. The van der Waals surface area contributed by atoms with Gasteiger partial charge in [-0.05, 0) is 44.7 Å². The fourth-order valence-electron chi connectivity index (χ4n) is 4.80. The minimum atomic E-state index is -0.718. The SMILES string of the molecule is CC(C)(C)OC(=O)N[C@@H](Cc1ccccc1)C(=O)N1C[C@H]2C[C@@H](C1)c1cccc(=O)n1C2. The molecular formula is C25H31N3O4. The molecule has 3 atom stereocenters. The predicted molar refractivity (Wildman–Crippen MR) is 121 cm³/mol. The van der Waals surface area contributed by atoms with Crippen molar-refractivity contribution in [1.29, 1.82) is 0 Å². The standard InChI is InChI=1S/C25H31N3O4/c1-25(2,3)32-24(31)26-20(13-17-8-5-4-6-9-17)23(30)27-14-18-12-19(16-27)21-10-7-11-22(29)28(21)15-18/h4-11,18-20H,12-16H2,1-3H3,(H,26,31)/t18-,19+,20+/m1/s1. The van der Waals surface area contributed by atoms with Crippen molar-refractivity contribution >= 4 is 12.0 Å². The van der Waals surface area contributed by atoms with Gasteiger partial charge < -0.3 is 19.5 Å². The predicted octanol–water partition coefficient (Wildman–Crippen LogP) is 2.93. The van der Waals surface area contributed by atoms with E-state index >= 15 is 0 Å². The van der Waals surface area contributed by atoms with Crippen LogP contribution in [0.2, 0.25) is 0 Å². The van der Waals surface area contributed by atoms with Crippen LogP contribution in [0.25, 0.3) is 0 Å². The summed E-state index contributed by atoms with van der Waals surface area (Å²) in [7, 11) is 0. The van der Waals surface area contributed by atoms with Gasteiger partial charge >= 0.3 is 6.09 Å². The zero-order valence-corrected chi connectivity index (χ0v) is 18.9. The molecule has 32 heavy (non-hydrogen) atoms. The number of benzene rings is 1. The van der Waals surface area contributed by atoms with E-state index in [0.29, 0.717) is 26.1 Å². The number of hydrogen-bond donors (Lipinski definition) is 1. The van der Waals surface area contributed by atoms with Crippen molar-refractivity contribution < 1.29 is 14.3 Å². The van der Waals surface area contributed by atoms with Crippen molar-refractivity contribution in [3.8, 4) is 0 Å². The Morgan fingerprint density at radius 3 is 2.53 bits per heavy atom. The maximum Gasteiger partial charge on any atom is 0.408 e. The lowest BCUT2D eigenvalue weighted by molar-refractivity contribution is -0.136. The fraction of sp³-hybridized carbons (Fsp3) is 0.480. The summed E-state index contributed by atoms with van der Waals surface area (Å²) in [6, 6.07) is 14.3. The minimum absolute atomic E-state index is 0.0190. The van der Waals surface area contributed by atoms with Gasteiger partial charge in [0.25, 0.3) is 5.56 Å². The van der Waals surface area contributed by atoms with Crippen LogP contribution in [-0.4, -0.2) is 46.2 Å². The van der Waals surface area contributed by atoms with E-state index in [1.165, 1.54) is 0 Å². The lowest BCUT2D eigenvalue weighted by atomic mass is 9.83. The molecule has 1 N–H and O–H groups in total. The molecule has 7 heteroatoms. The molecular weight excluding hydrogens is 406 g/mol. The summed E-state index contributed by atoms with van der Waals surface area (Å²) in [5, 5.41) is 2.81. The first-order valence-corrected chi connectivity index (χ1v) is 11.2. The van der Waals surface area contributed by atoms with E-state index in [9.17, 15) is 14.4 Å². The molecule has 0 saturated carbocycles. The van der Waals surface area contributed by atoms with E-state index in [0.717, 1.165) is 17.7 Å². The highest BCUT2D eigenvalue weighted by molar-refractivity contribution is 5.86. The third-order valence-electron chi connectivity index (χ3n) is 6.06. The third kappa shape index (κ3) is 5.03. The quantitative estimate of drug-likeness (QED) is 0.798. The van der Waals surface area contributed by atoms with Crippen LogP contribution in [0.4, 0.5) is 4.79 Å². The summed E-state index contributed by atoms with van der Waals surface area (Å²) in [5.74, 6) is 0.240. The Kier molecular flexibility index (Phi) is 6.09. The summed E-state index contributed by atoms with van der Waals surface area (Å²) < 4.78 is 7.27. The normalized spacial score (nSPS) is 20.8. The number of likely N-dealkylation sites (tertiary alicyclic amines) is 1. The topological polar surface area (TPSA) is 80.6 Å². The Morgan fingerprint density at radius 1 is 1.06 bits per heavy atom. The van der Waals surface area contributed by atoms with Crippen molar-refractivity contribution in [2.75, 3.05) is 13.1 Å². The summed E-state index contributed by atoms with van der Waals surface area (Å²) in [4.78, 5) is 40.2. The number of carbonyl (C=O) groups excluding carboxylic acids is 2. The molecule has 2 amide bonds. The smallest absolute Gasteiger partial charge is 0.408 e. The van der Waals surface area contributed by atoms with Crippen molar-refractivity contribution in [1.82, 2.24) is 14.8 Å². The van der Waals surface area contributed by atoms with Crippen LogP contribution < -0.4 is 10.9 Å². The van der Waals surface area contributed by atoms with Gasteiger partial charge in [0.1, 0.15) is 11.6 Å². The molecule has 2 aromatic rings. The number of ether oxygens (including phenoxy) is 1. The highest BCUT2D eigenvalue weighted by Gasteiger charge is 2.38. The Labute approximate surface area is 188 Å². The molecule has 0 unspecified atom stereocenters. The lowest BCUT2D eigenvalue weighted by Gasteiger charge is -2.43. The van der Waals surface area contributed by atoms with Crippen LogP contribution in [0.3, 0.4) is 0 Å². The number of hydrogen-bond acceptors (Lipinski definition) is 4. The highest BCUT2D eigenvalue weighted by atomic mass is 16.6. The van der Waals surface area contributed by atoms with Crippen LogP contribution in [0.1, 0.15) is 44.4 Å². The average Bonchev–Trinajstić information content (AvgIpc) is 2.73. The van der Waals surface area contributed by atoms with Gasteiger partial charge in [0, 0.05) is 43.7 Å². The first kappa shape index (κ1) is 22.1. The Morgan fingerprint density at radius 2 is 1.81 bits per heavy atom. The molecule has 1 saturated heterocycles. The summed E-state index contributed by atoms with van der Waals surface area (Å²) >= 11 is 0. The molecule has 0 aliphatic carbocycles. The maximum absolute atomic E-state index is 13.6. The van der Waals surface area contributed by atoms with Crippen LogP contribution in [0.15, 0.2) is 53.3 Å². The number of pyridine rings is 1. The van der Waals surface area contributed by atoms with Crippen LogP contribution in [0.5, 0.6) is 0 Å². The zero-order valence-electron chi connectivity index (χ0n) is 18.9. The fourth-order valence-corrected chi connectivity index (χ4v) is 4.80. The van der Waals surface area contributed by atoms with Crippen LogP contribution in [-0.2, 0) is 22.5 Å². The van der Waals surface area contributed by atoms with E-state index in [-0.39, 0.29) is 23.3 Å². The van der Waals surface area contributed by atoms with E-state index in [1.54, 1.807) is 32.9 Å². The molecule has 170 valence electrons. The minimum Gasteiger partial charge on any atom is -0.444 e. The lowest BCUT2D eigenvalue weighted by Crippen LogP contribution is -2.55. The second-order valence-electron chi connectivity index (χ2n) is 9.83. The van der Waals surface area contributed by atoms with Gasteiger partial charge in [0.15, 0.2) is 0 Å². The molecule has 1 aromatic carbocycles. The number of piperidine rings is 1. The molecule has 7 nitrogen and oxygen atoms in total. The molecule has 1 aromatic heterocycles. The van der Waals surface area contributed by atoms with E-state index in [2.05, 4.69) is 5.32 Å². The molecule has 2 bridgehead atoms. The number of rotatable bonds is 4. The van der Waals surface area contributed by atoms with E-state index < -0.39 is 17.7 Å². The van der Waals surface area contributed by atoms with Crippen molar-refractivity contribution in [3.63, 3.8) is 0 Å². The first-order chi connectivity index (χ1) is 15.2. The van der Waals surface area contributed by atoms with Gasteiger partial charge in [0.05, 0.1) is 0 Å². The van der Waals surface area contributed by atoms with Crippen LogP contribution >= 0.6 is 0 Å². The van der Waals surface area contributed by atoms with Gasteiger partial charge in [-0.3, -0.25) is 9.59 Å². The number of nitrogens with one attached hydrogen (secondary N) is 1. The molecule has 4 rings (SSSR count). The Bertz CT molecular complexity index is 1040. The van der Waals surface area contributed by atoms with Gasteiger partial charge in [0.2, 0.25) is 5.91 Å².